The van der Waals surface area contributed by atoms with E-state index in [0.29, 0.717) is 10.5 Å². The summed E-state index contributed by atoms with van der Waals surface area (Å²) in [5.41, 5.74) is 4.66. The smallest absolute Gasteiger partial charge is 0.254 e. The second kappa shape index (κ2) is 5.07. The standard InChI is InChI=1S/C10H9BrF2N2O/c1-5(11)4-15-10(16)6-2-9(14)8(13)3-7(6)12/h2-3H,1,4,14H2,(H,15,16). The molecule has 1 rings (SSSR count). The van der Waals surface area contributed by atoms with Gasteiger partial charge < -0.3 is 11.1 Å². The van der Waals surface area contributed by atoms with Crippen molar-refractivity contribution in [1.82, 2.24) is 5.32 Å². The second-order valence-electron chi connectivity index (χ2n) is 3.05. The number of hydrogen-bond donors (Lipinski definition) is 2. The van der Waals surface area contributed by atoms with E-state index < -0.39 is 17.5 Å². The van der Waals surface area contributed by atoms with E-state index in [-0.39, 0.29) is 17.8 Å². The highest BCUT2D eigenvalue weighted by Gasteiger charge is 2.14. The van der Waals surface area contributed by atoms with Gasteiger partial charge in [0.15, 0.2) is 0 Å². The molecule has 1 aromatic rings. The fourth-order valence-electron chi connectivity index (χ4n) is 1.01. The quantitative estimate of drug-likeness (QED) is 0.839. The molecule has 0 fully saturated rings. The molecule has 1 amide bonds. The van der Waals surface area contributed by atoms with Crippen LogP contribution in [0.2, 0.25) is 0 Å². The van der Waals surface area contributed by atoms with Crippen molar-refractivity contribution in [3.8, 4) is 0 Å². The van der Waals surface area contributed by atoms with Crippen LogP contribution in [0.3, 0.4) is 0 Å². The van der Waals surface area contributed by atoms with Crippen LogP contribution in [0.4, 0.5) is 14.5 Å². The molecule has 0 bridgehead atoms. The van der Waals surface area contributed by atoms with Crippen molar-refractivity contribution < 1.29 is 13.6 Å². The van der Waals surface area contributed by atoms with Gasteiger partial charge in [0, 0.05) is 17.1 Å². The van der Waals surface area contributed by atoms with Crippen molar-refractivity contribution in [2.45, 2.75) is 0 Å². The summed E-state index contributed by atoms with van der Waals surface area (Å²) in [6.45, 7) is 3.65. The van der Waals surface area contributed by atoms with Crippen LogP contribution < -0.4 is 11.1 Å². The van der Waals surface area contributed by atoms with Gasteiger partial charge >= 0.3 is 0 Å². The maximum absolute atomic E-state index is 13.2. The van der Waals surface area contributed by atoms with E-state index in [1.165, 1.54) is 0 Å². The lowest BCUT2D eigenvalue weighted by Gasteiger charge is -2.06. The molecule has 6 heteroatoms. The highest BCUT2D eigenvalue weighted by atomic mass is 79.9. The Hall–Kier alpha value is -1.43. The zero-order valence-corrected chi connectivity index (χ0v) is 9.77. The number of carbonyl (C=O) groups is 1. The molecule has 0 saturated carbocycles. The molecule has 0 aliphatic heterocycles. The van der Waals surface area contributed by atoms with Gasteiger partial charge in [-0.1, -0.05) is 22.5 Å². The summed E-state index contributed by atoms with van der Waals surface area (Å²) < 4.78 is 26.6. The Morgan fingerprint density at radius 3 is 2.62 bits per heavy atom. The number of nitrogens with two attached hydrogens (primary N) is 1. The van der Waals surface area contributed by atoms with Gasteiger partial charge in [-0.2, -0.15) is 0 Å². The Balaban J connectivity index is 2.91. The van der Waals surface area contributed by atoms with E-state index in [1.54, 1.807) is 0 Å². The first kappa shape index (κ1) is 12.6. The van der Waals surface area contributed by atoms with Gasteiger partial charge in [-0.05, 0) is 6.07 Å². The molecular weight excluding hydrogens is 282 g/mol. The topological polar surface area (TPSA) is 55.1 Å². The zero-order chi connectivity index (χ0) is 12.3. The number of carbonyl (C=O) groups excluding carboxylic acids is 1. The van der Waals surface area contributed by atoms with Gasteiger partial charge in [-0.3, -0.25) is 4.79 Å². The number of hydrogen-bond acceptors (Lipinski definition) is 2. The number of rotatable bonds is 3. The molecule has 16 heavy (non-hydrogen) atoms. The van der Waals surface area contributed by atoms with Crippen LogP contribution in [0, 0.1) is 11.6 Å². The number of nitrogens with one attached hydrogen (secondary N) is 1. The first-order valence-corrected chi connectivity index (χ1v) is 5.07. The highest BCUT2D eigenvalue weighted by molar-refractivity contribution is 9.11. The minimum Gasteiger partial charge on any atom is -0.396 e. The second-order valence-corrected chi connectivity index (χ2v) is 4.17. The molecule has 0 aliphatic carbocycles. The van der Waals surface area contributed by atoms with Gasteiger partial charge in [-0.15, -0.1) is 0 Å². The van der Waals surface area contributed by atoms with Crippen LogP contribution in [0.15, 0.2) is 23.2 Å². The molecule has 0 unspecified atom stereocenters. The van der Waals surface area contributed by atoms with Crippen molar-refractivity contribution in [3.63, 3.8) is 0 Å². The lowest BCUT2D eigenvalue weighted by molar-refractivity contribution is 0.0953. The van der Waals surface area contributed by atoms with Crippen molar-refractivity contribution in [1.29, 1.82) is 0 Å². The van der Waals surface area contributed by atoms with Gasteiger partial charge in [0.25, 0.3) is 5.91 Å². The third kappa shape index (κ3) is 3.03. The van der Waals surface area contributed by atoms with Crippen LogP contribution in [-0.2, 0) is 0 Å². The molecule has 0 radical (unpaired) electrons. The first-order valence-electron chi connectivity index (χ1n) is 4.28. The number of halogens is 3. The molecule has 0 spiro atoms. The minimum absolute atomic E-state index is 0.148. The molecule has 86 valence electrons. The molecule has 3 N–H and O–H groups in total. The molecule has 0 aliphatic rings. The Kier molecular flexibility index (Phi) is 4.00. The highest BCUT2D eigenvalue weighted by Crippen LogP contribution is 2.16. The van der Waals surface area contributed by atoms with Crippen LogP contribution in [0.5, 0.6) is 0 Å². The molecule has 0 heterocycles. The third-order valence-electron chi connectivity index (χ3n) is 1.77. The summed E-state index contributed by atoms with van der Waals surface area (Å²) in [7, 11) is 0. The fourth-order valence-corrected chi connectivity index (χ4v) is 1.15. The molecule has 0 saturated heterocycles. The van der Waals surface area contributed by atoms with Crippen LogP contribution in [-0.4, -0.2) is 12.5 Å². The van der Waals surface area contributed by atoms with E-state index in [4.69, 9.17) is 5.73 Å². The fraction of sp³-hybridized carbons (Fsp3) is 0.100. The van der Waals surface area contributed by atoms with Crippen LogP contribution >= 0.6 is 15.9 Å². The van der Waals surface area contributed by atoms with E-state index in [0.717, 1.165) is 6.07 Å². The Bertz CT molecular complexity index is 449. The van der Waals surface area contributed by atoms with Gasteiger partial charge in [-0.25, -0.2) is 8.78 Å². The van der Waals surface area contributed by atoms with E-state index >= 15 is 0 Å². The Morgan fingerprint density at radius 1 is 1.44 bits per heavy atom. The predicted octanol–water partition coefficient (Wildman–Crippen LogP) is 2.19. The number of anilines is 1. The summed E-state index contributed by atoms with van der Waals surface area (Å²) in [6, 6.07) is 1.53. The van der Waals surface area contributed by atoms with Crippen molar-refractivity contribution in [3.05, 3.63) is 40.4 Å². The average molecular weight is 291 g/mol. The van der Waals surface area contributed by atoms with Crippen LogP contribution in [0.1, 0.15) is 10.4 Å². The van der Waals surface area contributed by atoms with Gasteiger partial charge in [0.05, 0.1) is 11.3 Å². The molecule has 0 atom stereocenters. The average Bonchev–Trinajstić information content (AvgIpc) is 2.20. The van der Waals surface area contributed by atoms with E-state index in [9.17, 15) is 13.6 Å². The lowest BCUT2D eigenvalue weighted by atomic mass is 10.1. The maximum Gasteiger partial charge on any atom is 0.254 e. The minimum atomic E-state index is -0.954. The summed E-state index contributed by atoms with van der Waals surface area (Å²) >= 11 is 3.03. The van der Waals surface area contributed by atoms with E-state index in [2.05, 4.69) is 27.8 Å². The summed E-state index contributed by atoms with van der Waals surface area (Å²) in [4.78, 5) is 11.4. The summed E-state index contributed by atoms with van der Waals surface area (Å²) in [6.07, 6.45) is 0. The SMILES string of the molecule is C=C(Br)CNC(=O)c1cc(N)c(F)cc1F. The zero-order valence-electron chi connectivity index (χ0n) is 8.19. The molecular formula is C10H9BrF2N2O. The van der Waals surface area contributed by atoms with Crippen LogP contribution in [0.25, 0.3) is 0 Å². The van der Waals surface area contributed by atoms with Crippen molar-refractivity contribution >= 4 is 27.5 Å². The first-order chi connectivity index (χ1) is 7.41. The Labute approximate surface area is 99.5 Å². The monoisotopic (exact) mass is 290 g/mol. The normalized spacial score (nSPS) is 9.94. The van der Waals surface area contributed by atoms with E-state index in [1.807, 2.05) is 0 Å². The molecule has 3 nitrogen and oxygen atoms in total. The van der Waals surface area contributed by atoms with Crippen molar-refractivity contribution in [2.75, 3.05) is 12.3 Å². The summed E-state index contributed by atoms with van der Waals surface area (Å²) in [5.74, 6) is -2.52. The molecule has 0 aromatic heterocycles. The number of nitrogen functional groups attached to an aromatic ring is 1. The predicted molar refractivity (Wildman–Crippen MR) is 61.2 cm³/mol. The maximum atomic E-state index is 13.2. The van der Waals surface area contributed by atoms with Gasteiger partial charge in [0.2, 0.25) is 0 Å². The summed E-state index contributed by atoms with van der Waals surface area (Å²) in [5, 5.41) is 2.38. The number of benzene rings is 1. The van der Waals surface area contributed by atoms with Crippen molar-refractivity contribution in [2.24, 2.45) is 0 Å². The largest absolute Gasteiger partial charge is 0.396 e. The molecule has 1 aromatic carbocycles. The number of amides is 1. The Morgan fingerprint density at radius 2 is 2.06 bits per heavy atom. The lowest BCUT2D eigenvalue weighted by Crippen LogP contribution is -2.25. The van der Waals surface area contributed by atoms with Gasteiger partial charge in [0.1, 0.15) is 11.6 Å². The third-order valence-corrected chi connectivity index (χ3v) is 2.05.